The maximum absolute atomic E-state index is 9.09. The van der Waals surface area contributed by atoms with Crippen LogP contribution >= 0.6 is 33.9 Å². The zero-order chi connectivity index (χ0) is 15.4. The van der Waals surface area contributed by atoms with Crippen LogP contribution in [0.3, 0.4) is 0 Å². The Morgan fingerprint density at radius 2 is 1.95 bits per heavy atom. The van der Waals surface area contributed by atoms with Gasteiger partial charge >= 0.3 is 0 Å². The third kappa shape index (κ3) is 3.26. The first-order valence-corrected chi connectivity index (χ1v) is 9.36. The number of nitriles is 1. The van der Waals surface area contributed by atoms with Gasteiger partial charge in [0.2, 0.25) is 0 Å². The molecule has 110 valence electrons. The van der Waals surface area contributed by atoms with Crippen LogP contribution in [0.1, 0.15) is 23.0 Å². The molecule has 1 atom stereocenters. The van der Waals surface area contributed by atoms with Crippen molar-refractivity contribution in [3.05, 3.63) is 65.0 Å². The summed E-state index contributed by atoms with van der Waals surface area (Å²) in [6.07, 6.45) is 0.991. The van der Waals surface area contributed by atoms with Gasteiger partial charge in [-0.2, -0.15) is 5.26 Å². The molecular weight excluding hydrogens is 405 g/mol. The highest BCUT2D eigenvalue weighted by molar-refractivity contribution is 14.1. The lowest BCUT2D eigenvalue weighted by Gasteiger charge is -2.19. The number of benzene rings is 2. The SMILES string of the molecule is N#Cc1cc2c(OC(CCI)c3ccccc3)cccc2s1. The third-order valence-electron chi connectivity index (χ3n) is 3.44. The van der Waals surface area contributed by atoms with Gasteiger partial charge in [-0.25, -0.2) is 0 Å². The summed E-state index contributed by atoms with van der Waals surface area (Å²) in [5.74, 6) is 0.856. The van der Waals surface area contributed by atoms with Crippen LogP contribution in [0.15, 0.2) is 54.6 Å². The molecule has 1 unspecified atom stereocenters. The molecule has 0 aliphatic rings. The normalized spacial score (nSPS) is 12.0. The second-order valence-electron chi connectivity index (χ2n) is 4.89. The standard InChI is InChI=1S/C18H14INOS/c19-10-9-16(13-5-2-1-3-6-13)21-17-7-4-8-18-15(17)11-14(12-20)22-18/h1-8,11,16H,9-10H2. The summed E-state index contributed by atoms with van der Waals surface area (Å²) in [4.78, 5) is 0.719. The summed E-state index contributed by atoms with van der Waals surface area (Å²) in [6.45, 7) is 0. The molecule has 0 N–H and O–H groups in total. The van der Waals surface area contributed by atoms with Crippen molar-refractivity contribution >= 4 is 44.0 Å². The summed E-state index contributed by atoms with van der Waals surface area (Å²) >= 11 is 3.88. The number of alkyl halides is 1. The van der Waals surface area contributed by atoms with Crippen LogP contribution in [0.5, 0.6) is 5.75 Å². The molecule has 0 radical (unpaired) electrons. The Bertz CT molecular complexity index is 807. The quantitative estimate of drug-likeness (QED) is 0.392. The van der Waals surface area contributed by atoms with Crippen molar-refractivity contribution in [3.63, 3.8) is 0 Å². The molecule has 0 amide bonds. The number of nitrogens with zero attached hydrogens (tertiary/aromatic N) is 1. The summed E-state index contributed by atoms with van der Waals surface area (Å²) in [5, 5.41) is 10.1. The second-order valence-corrected chi connectivity index (χ2v) is 7.05. The Morgan fingerprint density at radius 3 is 2.68 bits per heavy atom. The lowest BCUT2D eigenvalue weighted by Crippen LogP contribution is -2.08. The first-order valence-electron chi connectivity index (χ1n) is 7.02. The topological polar surface area (TPSA) is 33.0 Å². The van der Waals surface area contributed by atoms with E-state index in [0.717, 1.165) is 31.6 Å². The van der Waals surface area contributed by atoms with Crippen LogP contribution in [0.2, 0.25) is 0 Å². The Labute approximate surface area is 147 Å². The summed E-state index contributed by atoms with van der Waals surface area (Å²) in [5.41, 5.74) is 1.19. The molecule has 2 nitrogen and oxygen atoms in total. The van der Waals surface area contributed by atoms with E-state index in [1.807, 2.05) is 42.5 Å². The number of hydrogen-bond donors (Lipinski definition) is 0. The van der Waals surface area contributed by atoms with E-state index in [1.165, 1.54) is 16.9 Å². The Morgan fingerprint density at radius 1 is 1.14 bits per heavy atom. The highest BCUT2D eigenvalue weighted by atomic mass is 127. The molecule has 0 spiro atoms. The van der Waals surface area contributed by atoms with E-state index in [1.54, 1.807) is 0 Å². The predicted molar refractivity (Wildman–Crippen MR) is 99.9 cm³/mol. The molecule has 0 bridgehead atoms. The maximum Gasteiger partial charge on any atom is 0.128 e. The van der Waals surface area contributed by atoms with E-state index in [-0.39, 0.29) is 6.10 Å². The number of halogens is 1. The van der Waals surface area contributed by atoms with Gasteiger partial charge in [0.1, 0.15) is 22.8 Å². The van der Waals surface area contributed by atoms with E-state index in [0.29, 0.717) is 0 Å². The molecule has 0 aliphatic heterocycles. The summed E-state index contributed by atoms with van der Waals surface area (Å²) < 4.78 is 8.43. The fourth-order valence-electron chi connectivity index (χ4n) is 2.41. The number of fused-ring (bicyclic) bond motifs is 1. The van der Waals surface area contributed by atoms with Crippen molar-refractivity contribution in [3.8, 4) is 11.8 Å². The van der Waals surface area contributed by atoms with Crippen LogP contribution in [0.25, 0.3) is 10.1 Å². The molecule has 3 aromatic rings. The lowest BCUT2D eigenvalue weighted by molar-refractivity contribution is 0.206. The van der Waals surface area contributed by atoms with E-state index < -0.39 is 0 Å². The monoisotopic (exact) mass is 419 g/mol. The minimum atomic E-state index is 0.0362. The minimum Gasteiger partial charge on any atom is -0.485 e. The largest absolute Gasteiger partial charge is 0.485 e. The maximum atomic E-state index is 9.09. The van der Waals surface area contributed by atoms with Gasteiger partial charge in [-0.1, -0.05) is 59.0 Å². The van der Waals surface area contributed by atoms with Crippen LogP contribution in [-0.2, 0) is 0 Å². The smallest absolute Gasteiger partial charge is 0.128 e. The fraction of sp³-hybridized carbons (Fsp3) is 0.167. The van der Waals surface area contributed by atoms with Gasteiger partial charge in [-0.15, -0.1) is 11.3 Å². The number of rotatable bonds is 5. The van der Waals surface area contributed by atoms with Crippen molar-refractivity contribution in [1.29, 1.82) is 5.26 Å². The zero-order valence-electron chi connectivity index (χ0n) is 11.8. The minimum absolute atomic E-state index is 0.0362. The van der Waals surface area contributed by atoms with Crippen LogP contribution in [0, 0.1) is 11.3 Å². The Hall–Kier alpha value is -1.58. The molecule has 0 saturated heterocycles. The van der Waals surface area contributed by atoms with E-state index in [9.17, 15) is 0 Å². The van der Waals surface area contributed by atoms with Gasteiger partial charge in [0.25, 0.3) is 0 Å². The highest BCUT2D eigenvalue weighted by Gasteiger charge is 2.15. The average molecular weight is 419 g/mol. The molecule has 0 fully saturated rings. The van der Waals surface area contributed by atoms with Crippen molar-refractivity contribution < 1.29 is 4.74 Å². The van der Waals surface area contributed by atoms with E-state index >= 15 is 0 Å². The molecule has 2 aromatic carbocycles. The van der Waals surface area contributed by atoms with Crippen LogP contribution in [0.4, 0.5) is 0 Å². The molecule has 0 aliphatic carbocycles. The molecule has 0 saturated carbocycles. The zero-order valence-corrected chi connectivity index (χ0v) is 14.8. The average Bonchev–Trinajstić information content (AvgIpc) is 2.99. The highest BCUT2D eigenvalue weighted by Crippen LogP contribution is 2.35. The molecular formula is C18H14INOS. The molecule has 4 heteroatoms. The number of thiophene rings is 1. The summed E-state index contributed by atoms with van der Waals surface area (Å²) in [6, 6.07) is 20.4. The first-order chi connectivity index (χ1) is 10.8. The van der Waals surface area contributed by atoms with Crippen LogP contribution in [-0.4, -0.2) is 4.43 Å². The van der Waals surface area contributed by atoms with Gasteiger partial charge in [-0.3, -0.25) is 0 Å². The van der Waals surface area contributed by atoms with Gasteiger partial charge in [-0.05, 0) is 30.2 Å². The number of hydrogen-bond acceptors (Lipinski definition) is 3. The third-order valence-corrected chi connectivity index (χ3v) is 5.07. The van der Waals surface area contributed by atoms with Gasteiger partial charge in [0.15, 0.2) is 0 Å². The first kappa shape index (κ1) is 15.3. The second kappa shape index (κ2) is 7.12. The Balaban J connectivity index is 1.96. The van der Waals surface area contributed by atoms with E-state index in [2.05, 4.69) is 40.8 Å². The lowest BCUT2D eigenvalue weighted by atomic mass is 10.1. The molecule has 3 rings (SSSR count). The Kier molecular flexibility index (Phi) is 4.96. The molecule has 1 aromatic heterocycles. The van der Waals surface area contributed by atoms with Gasteiger partial charge in [0, 0.05) is 14.5 Å². The summed E-state index contributed by atoms with van der Waals surface area (Å²) in [7, 11) is 0. The predicted octanol–water partition coefficient (Wildman–Crippen LogP) is 5.72. The van der Waals surface area contributed by atoms with Gasteiger partial charge < -0.3 is 4.74 Å². The fourth-order valence-corrected chi connectivity index (χ4v) is 3.85. The van der Waals surface area contributed by atoms with Crippen molar-refractivity contribution in [1.82, 2.24) is 0 Å². The molecule has 1 heterocycles. The van der Waals surface area contributed by atoms with E-state index in [4.69, 9.17) is 10.00 Å². The van der Waals surface area contributed by atoms with Gasteiger partial charge in [0.05, 0.1) is 0 Å². The van der Waals surface area contributed by atoms with Crippen molar-refractivity contribution in [2.75, 3.05) is 4.43 Å². The van der Waals surface area contributed by atoms with Crippen LogP contribution < -0.4 is 4.74 Å². The number of ether oxygens (including phenoxy) is 1. The van der Waals surface area contributed by atoms with Crippen molar-refractivity contribution in [2.45, 2.75) is 12.5 Å². The van der Waals surface area contributed by atoms with Crippen molar-refractivity contribution in [2.24, 2.45) is 0 Å². The molecule has 22 heavy (non-hydrogen) atoms.